The number of para-hydroxylation sites is 1. The van der Waals surface area contributed by atoms with Gasteiger partial charge < -0.3 is 14.8 Å². The third-order valence-electron chi connectivity index (χ3n) is 4.02. The third-order valence-corrected chi connectivity index (χ3v) is 5.37. The second-order valence-electron chi connectivity index (χ2n) is 5.95. The van der Waals surface area contributed by atoms with Crippen molar-refractivity contribution in [2.75, 3.05) is 12.4 Å². The average Bonchev–Trinajstić information content (AvgIpc) is 2.71. The normalized spacial score (nSPS) is 10.5. The Labute approximate surface area is 188 Å². The molecule has 3 rings (SSSR count). The summed E-state index contributed by atoms with van der Waals surface area (Å²) in [4.78, 5) is 12.7. The van der Waals surface area contributed by atoms with Gasteiger partial charge in [-0.1, -0.05) is 58.5 Å². The summed E-state index contributed by atoms with van der Waals surface area (Å²) in [7, 11) is 1.55. The van der Waals surface area contributed by atoms with E-state index < -0.39 is 0 Å². The van der Waals surface area contributed by atoms with Crippen molar-refractivity contribution >= 4 is 58.0 Å². The van der Waals surface area contributed by atoms with Gasteiger partial charge in [0.25, 0.3) is 5.91 Å². The highest BCUT2D eigenvalue weighted by Crippen LogP contribution is 2.33. The minimum atomic E-state index is -0.369. The summed E-state index contributed by atoms with van der Waals surface area (Å²) < 4.78 is 11.1. The van der Waals surface area contributed by atoms with Gasteiger partial charge in [-0.3, -0.25) is 4.79 Å². The number of hydrogen-bond acceptors (Lipinski definition) is 3. The number of anilines is 1. The molecule has 1 N–H and O–H groups in total. The predicted molar refractivity (Wildman–Crippen MR) is 118 cm³/mol. The van der Waals surface area contributed by atoms with Gasteiger partial charge in [0, 0.05) is 11.1 Å². The lowest BCUT2D eigenvalue weighted by atomic mass is 10.1. The number of benzene rings is 3. The Morgan fingerprint density at radius 2 is 1.59 bits per heavy atom. The lowest BCUT2D eigenvalue weighted by Gasteiger charge is -2.13. The van der Waals surface area contributed by atoms with Crippen LogP contribution in [0.5, 0.6) is 11.5 Å². The number of amides is 1. The quantitative estimate of drug-likeness (QED) is 0.389. The van der Waals surface area contributed by atoms with E-state index >= 15 is 0 Å². The molecule has 29 heavy (non-hydrogen) atoms. The van der Waals surface area contributed by atoms with Gasteiger partial charge in [0.1, 0.15) is 18.1 Å². The highest BCUT2D eigenvalue weighted by Gasteiger charge is 2.14. The fraction of sp³-hybridized carbons (Fsp3) is 0.0952. The molecule has 3 aromatic rings. The van der Waals surface area contributed by atoms with E-state index in [9.17, 15) is 4.79 Å². The number of ether oxygens (including phenoxy) is 2. The first-order chi connectivity index (χ1) is 13.9. The van der Waals surface area contributed by atoms with Crippen molar-refractivity contribution in [2.24, 2.45) is 0 Å². The molecule has 0 atom stereocenters. The number of nitrogens with one attached hydrogen (secondary N) is 1. The predicted octanol–water partition coefficient (Wildman–Crippen LogP) is 7.14. The highest BCUT2D eigenvalue weighted by molar-refractivity contribution is 6.44. The molecule has 0 fully saturated rings. The standard InChI is InChI=1S/C21H15Cl4NO3/c1-28-19-7-6-12(8-13(19)11-29-20-5-3-2-4-14(20)22)21(27)26-18-10-16(24)15(23)9-17(18)25/h2-10H,11H2,1H3,(H,26,27). The molecule has 0 heterocycles. The monoisotopic (exact) mass is 469 g/mol. The Morgan fingerprint density at radius 3 is 2.31 bits per heavy atom. The van der Waals surface area contributed by atoms with E-state index in [2.05, 4.69) is 5.32 Å². The Bertz CT molecular complexity index is 1060. The number of halogens is 4. The van der Waals surface area contributed by atoms with E-state index in [1.54, 1.807) is 37.4 Å². The summed E-state index contributed by atoms with van der Waals surface area (Å²) in [6, 6.07) is 15.1. The van der Waals surface area contributed by atoms with Gasteiger partial charge in [-0.25, -0.2) is 0 Å². The van der Waals surface area contributed by atoms with Crippen LogP contribution in [0.3, 0.4) is 0 Å². The van der Waals surface area contributed by atoms with E-state index in [1.165, 1.54) is 12.1 Å². The molecule has 0 aliphatic carbocycles. The van der Waals surface area contributed by atoms with Gasteiger partial charge in [-0.05, 0) is 42.5 Å². The van der Waals surface area contributed by atoms with E-state index in [0.29, 0.717) is 38.4 Å². The SMILES string of the molecule is COc1ccc(C(=O)Nc2cc(Cl)c(Cl)cc2Cl)cc1COc1ccccc1Cl. The summed E-state index contributed by atoms with van der Waals surface area (Å²) in [5.74, 6) is 0.752. The van der Waals surface area contributed by atoms with Gasteiger partial charge in [0.2, 0.25) is 0 Å². The highest BCUT2D eigenvalue weighted by atomic mass is 35.5. The van der Waals surface area contributed by atoms with Gasteiger partial charge in [-0.15, -0.1) is 0 Å². The average molecular weight is 471 g/mol. The van der Waals surface area contributed by atoms with Gasteiger partial charge in [0.15, 0.2) is 0 Å². The van der Waals surface area contributed by atoms with E-state index in [0.717, 1.165) is 0 Å². The van der Waals surface area contributed by atoms with Crippen LogP contribution in [-0.4, -0.2) is 13.0 Å². The second-order valence-corrected chi connectivity index (χ2v) is 7.57. The van der Waals surface area contributed by atoms with Crippen LogP contribution in [0.25, 0.3) is 0 Å². The van der Waals surface area contributed by atoms with E-state index in [4.69, 9.17) is 55.9 Å². The molecule has 0 aliphatic heterocycles. The minimum Gasteiger partial charge on any atom is -0.496 e. The summed E-state index contributed by atoms with van der Waals surface area (Å²) in [6.07, 6.45) is 0. The topological polar surface area (TPSA) is 47.6 Å². The first-order valence-electron chi connectivity index (χ1n) is 8.39. The van der Waals surface area contributed by atoms with E-state index in [-0.39, 0.29) is 22.6 Å². The molecule has 0 spiro atoms. The fourth-order valence-electron chi connectivity index (χ4n) is 2.56. The van der Waals surface area contributed by atoms with Crippen LogP contribution in [0.4, 0.5) is 5.69 Å². The first kappa shape index (κ1) is 21.6. The summed E-state index contributed by atoms with van der Waals surface area (Å²) >= 11 is 24.2. The molecule has 0 aromatic heterocycles. The van der Waals surface area contributed by atoms with Crippen molar-refractivity contribution in [2.45, 2.75) is 6.61 Å². The van der Waals surface area contributed by atoms with Gasteiger partial charge in [-0.2, -0.15) is 0 Å². The lowest BCUT2D eigenvalue weighted by molar-refractivity contribution is 0.102. The van der Waals surface area contributed by atoms with Crippen molar-refractivity contribution in [1.82, 2.24) is 0 Å². The van der Waals surface area contributed by atoms with Crippen LogP contribution in [0.2, 0.25) is 20.1 Å². The van der Waals surface area contributed by atoms with Crippen molar-refractivity contribution in [3.8, 4) is 11.5 Å². The summed E-state index contributed by atoms with van der Waals surface area (Å²) in [6.45, 7) is 0.168. The van der Waals surface area contributed by atoms with Crippen LogP contribution in [0, 0.1) is 0 Å². The molecule has 150 valence electrons. The van der Waals surface area contributed by atoms with E-state index in [1.807, 2.05) is 12.1 Å². The molecular weight excluding hydrogens is 456 g/mol. The molecular formula is C21H15Cl4NO3. The maximum absolute atomic E-state index is 12.7. The summed E-state index contributed by atoms with van der Waals surface area (Å²) in [5, 5.41) is 4.09. The molecule has 3 aromatic carbocycles. The number of rotatable bonds is 6. The molecule has 0 unspecified atom stereocenters. The van der Waals surface area contributed by atoms with Crippen LogP contribution >= 0.6 is 46.4 Å². The first-order valence-corrected chi connectivity index (χ1v) is 9.90. The largest absolute Gasteiger partial charge is 0.496 e. The fourth-order valence-corrected chi connectivity index (χ4v) is 3.35. The van der Waals surface area contributed by atoms with Gasteiger partial charge >= 0.3 is 0 Å². The number of carbonyl (C=O) groups is 1. The molecule has 0 saturated heterocycles. The van der Waals surface area contributed by atoms with Crippen LogP contribution in [-0.2, 0) is 6.61 Å². The molecule has 0 saturated carbocycles. The molecule has 0 aliphatic rings. The summed E-state index contributed by atoms with van der Waals surface area (Å²) in [5.41, 5.74) is 1.43. The number of hydrogen-bond donors (Lipinski definition) is 1. The number of carbonyl (C=O) groups excluding carboxylic acids is 1. The zero-order valence-electron chi connectivity index (χ0n) is 15.1. The molecule has 4 nitrogen and oxygen atoms in total. The second kappa shape index (κ2) is 9.59. The number of methoxy groups -OCH3 is 1. The molecule has 8 heteroatoms. The van der Waals surface area contributed by atoms with Crippen LogP contribution in [0.15, 0.2) is 54.6 Å². The van der Waals surface area contributed by atoms with Crippen molar-refractivity contribution in [1.29, 1.82) is 0 Å². The zero-order valence-corrected chi connectivity index (χ0v) is 18.2. The molecule has 0 bridgehead atoms. The maximum atomic E-state index is 12.7. The van der Waals surface area contributed by atoms with Crippen LogP contribution < -0.4 is 14.8 Å². The lowest BCUT2D eigenvalue weighted by Crippen LogP contribution is -2.13. The Balaban J connectivity index is 1.81. The smallest absolute Gasteiger partial charge is 0.255 e. The molecule has 0 radical (unpaired) electrons. The molecule has 1 amide bonds. The van der Waals surface area contributed by atoms with Crippen LogP contribution in [0.1, 0.15) is 15.9 Å². The minimum absolute atomic E-state index is 0.168. The van der Waals surface area contributed by atoms with Crippen molar-refractivity contribution in [3.05, 3.63) is 85.8 Å². The Kier molecular flexibility index (Phi) is 7.14. The Morgan fingerprint density at radius 1 is 0.862 bits per heavy atom. The maximum Gasteiger partial charge on any atom is 0.255 e. The van der Waals surface area contributed by atoms with Gasteiger partial charge in [0.05, 0.1) is 32.9 Å². The Hall–Kier alpha value is -2.11. The third kappa shape index (κ3) is 5.28. The zero-order chi connectivity index (χ0) is 21.0. The van der Waals surface area contributed by atoms with Crippen molar-refractivity contribution < 1.29 is 14.3 Å². The van der Waals surface area contributed by atoms with Crippen molar-refractivity contribution in [3.63, 3.8) is 0 Å².